The molecule has 5 nitrogen and oxygen atoms in total. The Morgan fingerprint density at radius 3 is 2.67 bits per heavy atom. The van der Waals surface area contributed by atoms with Crippen LogP contribution in [0.1, 0.15) is 23.7 Å². The van der Waals surface area contributed by atoms with Gasteiger partial charge in [-0.1, -0.05) is 49.4 Å². The molecule has 0 atom stereocenters. The Hall–Kier alpha value is -2.82. The molecular formula is C16H14N4O. The SMILES string of the molecule is CCC(=O)c1cccc(-n2nnc(-c3ccccc3)n2)c1. The second-order valence-corrected chi connectivity index (χ2v) is 4.60. The molecule has 2 aromatic carbocycles. The molecule has 0 unspecified atom stereocenters. The van der Waals surface area contributed by atoms with Crippen molar-refractivity contribution in [1.82, 2.24) is 20.2 Å². The van der Waals surface area contributed by atoms with E-state index in [-0.39, 0.29) is 5.78 Å². The first kappa shape index (κ1) is 13.2. The van der Waals surface area contributed by atoms with Crippen molar-refractivity contribution in [2.45, 2.75) is 13.3 Å². The molecule has 0 aliphatic rings. The van der Waals surface area contributed by atoms with E-state index in [2.05, 4.69) is 15.4 Å². The van der Waals surface area contributed by atoms with Gasteiger partial charge in [0.05, 0.1) is 5.69 Å². The van der Waals surface area contributed by atoms with E-state index in [1.54, 1.807) is 12.1 Å². The number of nitrogens with zero attached hydrogens (tertiary/aromatic N) is 4. The van der Waals surface area contributed by atoms with E-state index < -0.39 is 0 Å². The van der Waals surface area contributed by atoms with Gasteiger partial charge >= 0.3 is 0 Å². The van der Waals surface area contributed by atoms with Crippen LogP contribution in [0, 0.1) is 0 Å². The van der Waals surface area contributed by atoms with Gasteiger partial charge in [0.15, 0.2) is 5.78 Å². The number of hydrogen-bond acceptors (Lipinski definition) is 4. The maximum absolute atomic E-state index is 11.8. The molecule has 1 heterocycles. The van der Waals surface area contributed by atoms with Crippen molar-refractivity contribution in [3.05, 3.63) is 60.2 Å². The predicted molar refractivity (Wildman–Crippen MR) is 79.2 cm³/mol. The van der Waals surface area contributed by atoms with Gasteiger partial charge in [-0.2, -0.15) is 0 Å². The van der Waals surface area contributed by atoms with Crippen LogP contribution in [-0.2, 0) is 0 Å². The van der Waals surface area contributed by atoms with Gasteiger partial charge in [-0.3, -0.25) is 4.79 Å². The van der Waals surface area contributed by atoms with Gasteiger partial charge in [-0.15, -0.1) is 15.0 Å². The fraction of sp³-hybridized carbons (Fsp3) is 0.125. The molecule has 0 saturated heterocycles. The second-order valence-electron chi connectivity index (χ2n) is 4.60. The van der Waals surface area contributed by atoms with Crippen LogP contribution in [0.2, 0.25) is 0 Å². The Morgan fingerprint density at radius 1 is 1.10 bits per heavy atom. The van der Waals surface area contributed by atoms with Gasteiger partial charge in [0.1, 0.15) is 0 Å². The summed E-state index contributed by atoms with van der Waals surface area (Å²) in [5.41, 5.74) is 2.29. The third kappa shape index (κ3) is 2.72. The first-order chi connectivity index (χ1) is 10.3. The highest BCUT2D eigenvalue weighted by molar-refractivity contribution is 5.96. The number of benzene rings is 2. The number of rotatable bonds is 4. The summed E-state index contributed by atoms with van der Waals surface area (Å²) >= 11 is 0. The van der Waals surface area contributed by atoms with E-state index in [0.717, 1.165) is 11.3 Å². The maximum Gasteiger partial charge on any atom is 0.205 e. The van der Waals surface area contributed by atoms with Crippen molar-refractivity contribution >= 4 is 5.78 Å². The number of ketones is 1. The van der Waals surface area contributed by atoms with Crippen LogP contribution in [0.3, 0.4) is 0 Å². The van der Waals surface area contributed by atoms with Crippen molar-refractivity contribution in [2.75, 3.05) is 0 Å². The topological polar surface area (TPSA) is 60.7 Å². The summed E-state index contributed by atoms with van der Waals surface area (Å²) in [4.78, 5) is 13.2. The standard InChI is InChI=1S/C16H14N4O/c1-2-15(21)13-9-6-10-14(11-13)20-18-16(17-19-20)12-7-4-3-5-8-12/h3-11H,2H2,1H3. The minimum atomic E-state index is 0.0975. The minimum Gasteiger partial charge on any atom is -0.294 e. The van der Waals surface area contributed by atoms with E-state index >= 15 is 0 Å². The summed E-state index contributed by atoms with van der Waals surface area (Å²) in [6.45, 7) is 1.84. The van der Waals surface area contributed by atoms with Crippen LogP contribution in [0.4, 0.5) is 0 Å². The van der Waals surface area contributed by atoms with E-state index in [4.69, 9.17) is 0 Å². The molecule has 3 aromatic rings. The molecular weight excluding hydrogens is 264 g/mol. The van der Waals surface area contributed by atoms with Crippen molar-refractivity contribution < 1.29 is 4.79 Å². The third-order valence-corrected chi connectivity index (χ3v) is 3.17. The van der Waals surface area contributed by atoms with Gasteiger partial charge in [0.25, 0.3) is 0 Å². The van der Waals surface area contributed by atoms with Crippen molar-refractivity contribution in [1.29, 1.82) is 0 Å². The number of tetrazole rings is 1. The molecule has 0 spiro atoms. The Balaban J connectivity index is 1.95. The molecule has 3 rings (SSSR count). The number of Topliss-reactive ketones (excluding diaryl/α,β-unsaturated/α-hetero) is 1. The van der Waals surface area contributed by atoms with Crippen LogP contribution >= 0.6 is 0 Å². The fourth-order valence-corrected chi connectivity index (χ4v) is 2.03. The Morgan fingerprint density at radius 2 is 1.90 bits per heavy atom. The summed E-state index contributed by atoms with van der Waals surface area (Å²) in [5, 5.41) is 12.5. The Kier molecular flexibility index (Phi) is 3.55. The van der Waals surface area contributed by atoms with Crippen LogP contribution in [-0.4, -0.2) is 26.0 Å². The van der Waals surface area contributed by atoms with E-state index in [1.807, 2.05) is 49.4 Å². The molecule has 5 heteroatoms. The van der Waals surface area contributed by atoms with E-state index in [9.17, 15) is 4.79 Å². The Labute approximate surface area is 122 Å². The van der Waals surface area contributed by atoms with Crippen LogP contribution < -0.4 is 0 Å². The summed E-state index contributed by atoms with van der Waals surface area (Å²) < 4.78 is 0. The normalized spacial score (nSPS) is 10.5. The third-order valence-electron chi connectivity index (χ3n) is 3.17. The monoisotopic (exact) mass is 278 g/mol. The Bertz CT molecular complexity index is 765. The summed E-state index contributed by atoms with van der Waals surface area (Å²) in [6, 6.07) is 16.9. The molecule has 0 fully saturated rings. The van der Waals surface area contributed by atoms with E-state index in [1.165, 1.54) is 4.80 Å². The van der Waals surface area contributed by atoms with Gasteiger partial charge in [0.2, 0.25) is 5.82 Å². The predicted octanol–water partition coefficient (Wildman–Crippen LogP) is 2.92. The first-order valence-corrected chi connectivity index (χ1v) is 6.77. The van der Waals surface area contributed by atoms with Crippen molar-refractivity contribution in [2.24, 2.45) is 0 Å². The smallest absolute Gasteiger partial charge is 0.205 e. The molecule has 0 saturated carbocycles. The largest absolute Gasteiger partial charge is 0.294 e. The lowest BCUT2D eigenvalue weighted by Crippen LogP contribution is -2.02. The molecule has 1 aromatic heterocycles. The van der Waals surface area contributed by atoms with E-state index in [0.29, 0.717) is 17.8 Å². The lowest BCUT2D eigenvalue weighted by atomic mass is 10.1. The zero-order chi connectivity index (χ0) is 14.7. The number of carbonyl (C=O) groups is 1. The second kappa shape index (κ2) is 5.66. The molecule has 0 aliphatic carbocycles. The fourth-order valence-electron chi connectivity index (χ4n) is 2.03. The molecule has 0 bridgehead atoms. The molecule has 0 radical (unpaired) electrons. The lowest BCUT2D eigenvalue weighted by Gasteiger charge is -2.01. The van der Waals surface area contributed by atoms with Crippen LogP contribution in [0.5, 0.6) is 0 Å². The van der Waals surface area contributed by atoms with Gasteiger partial charge in [-0.25, -0.2) is 0 Å². The average Bonchev–Trinajstić information content (AvgIpc) is 3.05. The van der Waals surface area contributed by atoms with Gasteiger partial charge in [0, 0.05) is 17.5 Å². The lowest BCUT2D eigenvalue weighted by molar-refractivity contribution is 0.0988. The van der Waals surface area contributed by atoms with Crippen molar-refractivity contribution in [3.63, 3.8) is 0 Å². The number of aromatic nitrogens is 4. The van der Waals surface area contributed by atoms with Crippen LogP contribution in [0.25, 0.3) is 17.1 Å². The number of hydrogen-bond donors (Lipinski definition) is 0. The maximum atomic E-state index is 11.8. The summed E-state index contributed by atoms with van der Waals surface area (Å²) in [7, 11) is 0. The molecule has 104 valence electrons. The minimum absolute atomic E-state index is 0.0975. The highest BCUT2D eigenvalue weighted by atomic mass is 16.1. The zero-order valence-corrected chi connectivity index (χ0v) is 11.6. The van der Waals surface area contributed by atoms with Crippen molar-refractivity contribution in [3.8, 4) is 17.1 Å². The quantitative estimate of drug-likeness (QED) is 0.688. The highest BCUT2D eigenvalue weighted by Crippen LogP contribution is 2.15. The highest BCUT2D eigenvalue weighted by Gasteiger charge is 2.09. The molecule has 21 heavy (non-hydrogen) atoms. The molecule has 0 amide bonds. The van der Waals surface area contributed by atoms with Gasteiger partial charge < -0.3 is 0 Å². The molecule has 0 N–H and O–H groups in total. The zero-order valence-electron chi connectivity index (χ0n) is 11.6. The number of carbonyl (C=O) groups excluding carboxylic acids is 1. The summed E-state index contributed by atoms with van der Waals surface area (Å²) in [6.07, 6.45) is 0.476. The molecule has 0 aliphatic heterocycles. The van der Waals surface area contributed by atoms with Gasteiger partial charge in [-0.05, 0) is 17.3 Å². The first-order valence-electron chi connectivity index (χ1n) is 6.77. The summed E-state index contributed by atoms with van der Waals surface area (Å²) in [5.74, 6) is 0.656. The average molecular weight is 278 g/mol. The van der Waals surface area contributed by atoms with Crippen LogP contribution in [0.15, 0.2) is 54.6 Å².